The van der Waals surface area contributed by atoms with E-state index in [2.05, 4.69) is 20.2 Å². The van der Waals surface area contributed by atoms with Crippen LogP contribution in [0.2, 0.25) is 0 Å². The maximum Gasteiger partial charge on any atom is 0.269 e. The number of hydrogen-bond donors (Lipinski definition) is 1. The lowest BCUT2D eigenvalue weighted by molar-refractivity contribution is -0.129. The van der Waals surface area contributed by atoms with Crippen molar-refractivity contribution in [1.82, 2.24) is 14.3 Å². The highest BCUT2D eigenvalue weighted by Crippen LogP contribution is 2.46. The molecule has 1 aromatic heterocycles. The van der Waals surface area contributed by atoms with Crippen LogP contribution in [0.1, 0.15) is 32.3 Å². The van der Waals surface area contributed by atoms with Crippen molar-refractivity contribution in [1.29, 1.82) is 0 Å². The summed E-state index contributed by atoms with van der Waals surface area (Å²) in [5, 5.41) is 2.78. The number of carbonyl (C=O) groups is 1. The molecule has 0 atom stereocenters. The molecule has 3 aliphatic heterocycles. The van der Waals surface area contributed by atoms with Gasteiger partial charge in [-0.2, -0.15) is 4.31 Å². The molecule has 5 rings (SSSR count). The summed E-state index contributed by atoms with van der Waals surface area (Å²) < 4.78 is 34.0. The third-order valence-electron chi connectivity index (χ3n) is 6.56. The molecule has 0 unspecified atom stereocenters. The Balaban J connectivity index is 1.35. The van der Waals surface area contributed by atoms with Gasteiger partial charge in [-0.25, -0.2) is 18.4 Å². The van der Waals surface area contributed by atoms with Crippen LogP contribution in [-0.4, -0.2) is 60.4 Å². The number of hydrogen-bond acceptors (Lipinski definition) is 7. The fraction of sp³-hybridized carbons (Fsp3) is 0.500. The molecule has 9 nitrogen and oxygen atoms in total. The number of piperidine rings is 1. The van der Waals surface area contributed by atoms with Crippen molar-refractivity contribution in [3.63, 3.8) is 0 Å². The molecule has 2 saturated heterocycles. The van der Waals surface area contributed by atoms with Gasteiger partial charge in [0.15, 0.2) is 17.2 Å². The average Bonchev–Trinajstić information content (AvgIpc) is 2.73. The van der Waals surface area contributed by atoms with Crippen molar-refractivity contribution in [2.45, 2.75) is 44.1 Å². The van der Waals surface area contributed by atoms with Crippen molar-refractivity contribution >= 4 is 27.6 Å². The summed E-state index contributed by atoms with van der Waals surface area (Å²) in [6.45, 7) is 7.71. The van der Waals surface area contributed by atoms with E-state index in [1.165, 1.54) is 6.33 Å². The smallest absolute Gasteiger partial charge is 0.269 e. The van der Waals surface area contributed by atoms with Crippen molar-refractivity contribution in [2.24, 2.45) is 5.41 Å². The van der Waals surface area contributed by atoms with Gasteiger partial charge in [-0.3, -0.25) is 4.79 Å². The first-order valence-corrected chi connectivity index (χ1v) is 12.2. The zero-order chi connectivity index (χ0) is 22.7. The highest BCUT2D eigenvalue weighted by Gasteiger charge is 2.50. The Labute approximate surface area is 187 Å². The van der Waals surface area contributed by atoms with E-state index in [1.807, 2.05) is 19.1 Å². The number of nitrogens with zero attached hydrogens (tertiary/aromatic N) is 4. The number of carbonyl (C=O) groups excluding carboxylic acids is 1. The molecular weight excluding hydrogens is 430 g/mol. The number of rotatable bonds is 3. The molecule has 32 heavy (non-hydrogen) atoms. The van der Waals surface area contributed by atoms with Gasteiger partial charge in [-0.1, -0.05) is 17.7 Å². The Morgan fingerprint density at radius 2 is 1.81 bits per heavy atom. The molecule has 2 aromatic rings. The number of aryl methyl sites for hydroxylation is 1. The van der Waals surface area contributed by atoms with Crippen LogP contribution in [0.15, 0.2) is 35.5 Å². The Kier molecular flexibility index (Phi) is 4.72. The third-order valence-corrected chi connectivity index (χ3v) is 8.42. The highest BCUT2D eigenvalue weighted by atomic mass is 32.2. The van der Waals surface area contributed by atoms with Crippen LogP contribution in [-0.2, 0) is 14.8 Å². The molecule has 1 N–H and O–H groups in total. The number of anilines is 2. The molecule has 1 spiro atoms. The maximum atomic E-state index is 13.2. The number of fused-ring (bicyclic) bond motifs is 1. The number of nitrogens with one attached hydrogen (secondary N) is 1. The number of benzene rings is 1. The topological polar surface area (TPSA) is 105 Å². The van der Waals surface area contributed by atoms with E-state index in [0.29, 0.717) is 48.5 Å². The summed E-state index contributed by atoms with van der Waals surface area (Å²) >= 11 is 0. The average molecular weight is 458 g/mol. The monoisotopic (exact) mass is 457 g/mol. The van der Waals surface area contributed by atoms with Crippen LogP contribution < -0.4 is 15.0 Å². The van der Waals surface area contributed by atoms with Crippen molar-refractivity contribution < 1.29 is 17.9 Å². The van der Waals surface area contributed by atoms with E-state index in [9.17, 15) is 13.2 Å². The van der Waals surface area contributed by atoms with Crippen LogP contribution in [0, 0.1) is 12.3 Å². The van der Waals surface area contributed by atoms with E-state index in [1.54, 1.807) is 30.3 Å². The molecule has 4 heterocycles. The molecule has 0 radical (unpaired) electrons. The SMILES string of the molecule is Cc1ccc(S(=O)(=O)N2CCCC3(CN(c4ncnc5c4OC(C)(C)C(=O)N5)C3)C2)cc1. The number of sulfonamides is 1. The second kappa shape index (κ2) is 7.14. The fourth-order valence-electron chi connectivity index (χ4n) is 4.73. The molecule has 170 valence electrons. The summed E-state index contributed by atoms with van der Waals surface area (Å²) in [5.74, 6) is 1.21. The molecule has 10 heteroatoms. The molecule has 1 amide bonds. The first kappa shape index (κ1) is 21.1. The minimum atomic E-state index is -3.53. The highest BCUT2D eigenvalue weighted by molar-refractivity contribution is 7.89. The van der Waals surface area contributed by atoms with Crippen molar-refractivity contribution in [3.8, 4) is 5.75 Å². The molecular formula is C22H27N5O4S. The van der Waals surface area contributed by atoms with Gasteiger partial charge in [0.2, 0.25) is 15.8 Å². The second-order valence-electron chi connectivity index (χ2n) is 9.55. The lowest BCUT2D eigenvalue weighted by Crippen LogP contribution is -2.64. The quantitative estimate of drug-likeness (QED) is 0.753. The van der Waals surface area contributed by atoms with Crippen molar-refractivity contribution in [2.75, 3.05) is 36.4 Å². The third kappa shape index (κ3) is 3.41. The van der Waals surface area contributed by atoms with E-state index in [0.717, 1.165) is 18.4 Å². The largest absolute Gasteiger partial charge is 0.470 e. The van der Waals surface area contributed by atoms with Gasteiger partial charge >= 0.3 is 0 Å². The first-order chi connectivity index (χ1) is 15.1. The fourth-order valence-corrected chi connectivity index (χ4v) is 6.32. The lowest BCUT2D eigenvalue weighted by atomic mass is 9.74. The Morgan fingerprint density at radius 1 is 1.09 bits per heavy atom. The van der Waals surface area contributed by atoms with Crippen LogP contribution in [0.5, 0.6) is 5.75 Å². The number of ether oxygens (including phenoxy) is 1. The van der Waals surface area contributed by atoms with Crippen LogP contribution in [0.3, 0.4) is 0 Å². The van der Waals surface area contributed by atoms with E-state index in [-0.39, 0.29) is 11.3 Å². The van der Waals surface area contributed by atoms with Crippen LogP contribution >= 0.6 is 0 Å². The van der Waals surface area contributed by atoms with Gasteiger partial charge in [-0.05, 0) is 45.7 Å². The van der Waals surface area contributed by atoms with E-state index < -0.39 is 15.6 Å². The Hall–Kier alpha value is -2.72. The maximum absolute atomic E-state index is 13.2. The minimum Gasteiger partial charge on any atom is -0.470 e. The number of amides is 1. The van der Waals surface area contributed by atoms with Crippen LogP contribution in [0.25, 0.3) is 0 Å². The predicted molar refractivity (Wildman–Crippen MR) is 119 cm³/mol. The number of aromatic nitrogens is 2. The predicted octanol–water partition coefficient (Wildman–Crippen LogP) is 2.19. The van der Waals surface area contributed by atoms with E-state index in [4.69, 9.17) is 4.74 Å². The van der Waals surface area contributed by atoms with Gasteiger partial charge in [-0.15, -0.1) is 0 Å². The summed E-state index contributed by atoms with van der Waals surface area (Å²) in [5.41, 5.74) is -0.108. The normalized spacial score (nSPS) is 22.0. The standard InChI is InChI=1S/C22H27N5O4S/c1-15-5-7-16(8-6-15)32(29,30)27-10-4-9-22(13-27)11-26(12-22)19-17-18(23-14-24-19)25-20(28)21(2,3)31-17/h5-8,14H,4,9-13H2,1-3H3,(H,23,24,25,28). The zero-order valence-corrected chi connectivity index (χ0v) is 19.3. The second-order valence-corrected chi connectivity index (χ2v) is 11.5. The molecule has 0 bridgehead atoms. The van der Waals surface area contributed by atoms with Gasteiger partial charge in [0, 0.05) is 31.6 Å². The van der Waals surface area contributed by atoms with Crippen LogP contribution in [0.4, 0.5) is 11.6 Å². The summed E-state index contributed by atoms with van der Waals surface area (Å²) in [6, 6.07) is 7.02. The van der Waals surface area contributed by atoms with E-state index >= 15 is 0 Å². The molecule has 0 saturated carbocycles. The lowest BCUT2D eigenvalue weighted by Gasteiger charge is -2.55. The van der Waals surface area contributed by atoms with Gasteiger partial charge < -0.3 is 15.0 Å². The Bertz CT molecular complexity index is 1170. The molecule has 2 fully saturated rings. The zero-order valence-electron chi connectivity index (χ0n) is 18.5. The first-order valence-electron chi connectivity index (χ1n) is 10.8. The summed E-state index contributed by atoms with van der Waals surface area (Å²) in [6.07, 6.45) is 3.19. The Morgan fingerprint density at radius 3 is 2.53 bits per heavy atom. The van der Waals surface area contributed by atoms with Crippen molar-refractivity contribution in [3.05, 3.63) is 36.2 Å². The molecule has 0 aliphatic carbocycles. The summed E-state index contributed by atoms with van der Waals surface area (Å²) in [7, 11) is -3.53. The van der Waals surface area contributed by atoms with Gasteiger partial charge in [0.25, 0.3) is 5.91 Å². The molecule has 3 aliphatic rings. The molecule has 1 aromatic carbocycles. The summed E-state index contributed by atoms with van der Waals surface area (Å²) in [4.78, 5) is 23.2. The minimum absolute atomic E-state index is 0.124. The van der Waals surface area contributed by atoms with Gasteiger partial charge in [0.1, 0.15) is 6.33 Å². The van der Waals surface area contributed by atoms with Gasteiger partial charge in [0.05, 0.1) is 4.90 Å².